The highest BCUT2D eigenvalue weighted by Crippen LogP contribution is 2.26. The van der Waals surface area contributed by atoms with Crippen molar-refractivity contribution in [3.8, 4) is 0 Å². The van der Waals surface area contributed by atoms with Crippen molar-refractivity contribution >= 4 is 0 Å². The third kappa shape index (κ3) is 1.48. The molecule has 1 aromatic rings. The maximum absolute atomic E-state index is 5.43. The molecule has 0 amide bonds. The lowest BCUT2D eigenvalue weighted by Crippen LogP contribution is -2.21. The van der Waals surface area contributed by atoms with Crippen LogP contribution in [0.5, 0.6) is 0 Å². The van der Waals surface area contributed by atoms with Crippen LogP contribution in [0, 0.1) is 0 Å². The van der Waals surface area contributed by atoms with Gasteiger partial charge in [0.2, 0.25) is 0 Å². The molecule has 1 aliphatic heterocycles. The lowest BCUT2D eigenvalue weighted by atomic mass is 9.90. The minimum Gasteiger partial charge on any atom is -0.373 e. The number of hydrogen-bond acceptors (Lipinski definition) is 2. The molecule has 1 aliphatic rings. The van der Waals surface area contributed by atoms with E-state index >= 15 is 0 Å². The van der Waals surface area contributed by atoms with Crippen LogP contribution in [0.15, 0.2) is 6.33 Å². The predicted octanol–water partition coefficient (Wildman–Crippen LogP) is 1.71. The van der Waals surface area contributed by atoms with E-state index in [2.05, 4.69) is 30.3 Å². The van der Waals surface area contributed by atoms with Crippen molar-refractivity contribution in [3.05, 3.63) is 17.7 Å². The van der Waals surface area contributed by atoms with Crippen LogP contribution < -0.4 is 0 Å². The van der Waals surface area contributed by atoms with Gasteiger partial charge in [-0.3, -0.25) is 0 Å². The van der Waals surface area contributed by atoms with Gasteiger partial charge in [0.05, 0.1) is 30.9 Å². The minimum atomic E-state index is 0.126. The first kappa shape index (κ1) is 8.75. The van der Waals surface area contributed by atoms with Crippen molar-refractivity contribution in [3.63, 3.8) is 0 Å². The van der Waals surface area contributed by atoms with E-state index < -0.39 is 0 Å². The van der Waals surface area contributed by atoms with Gasteiger partial charge in [-0.2, -0.15) is 0 Å². The number of rotatable bonds is 0. The molecule has 3 nitrogen and oxygen atoms in total. The highest BCUT2D eigenvalue weighted by Gasteiger charge is 2.24. The van der Waals surface area contributed by atoms with Crippen LogP contribution in [-0.4, -0.2) is 16.2 Å². The molecule has 0 saturated heterocycles. The first-order valence-corrected chi connectivity index (χ1v) is 4.71. The molecule has 0 aliphatic carbocycles. The van der Waals surface area contributed by atoms with E-state index in [1.807, 2.05) is 6.33 Å². The Hall–Kier alpha value is -0.830. The lowest BCUT2D eigenvalue weighted by Gasteiger charge is -2.21. The van der Waals surface area contributed by atoms with Gasteiger partial charge in [0.15, 0.2) is 0 Å². The zero-order chi connectivity index (χ0) is 9.47. The van der Waals surface area contributed by atoms with E-state index in [0.717, 1.165) is 13.2 Å². The monoisotopic (exact) mass is 180 g/mol. The number of nitrogens with zero attached hydrogens (tertiary/aromatic N) is 2. The Morgan fingerprint density at radius 1 is 1.46 bits per heavy atom. The van der Waals surface area contributed by atoms with Crippen molar-refractivity contribution in [2.45, 2.75) is 39.3 Å². The summed E-state index contributed by atoms with van der Waals surface area (Å²) in [6.45, 7) is 9.03. The summed E-state index contributed by atoms with van der Waals surface area (Å²) in [7, 11) is 0. The highest BCUT2D eigenvalue weighted by atomic mass is 16.5. The third-order valence-electron chi connectivity index (χ3n) is 2.37. The molecule has 3 heteroatoms. The molecule has 0 N–H and O–H groups in total. The molecule has 13 heavy (non-hydrogen) atoms. The second-order valence-electron chi connectivity index (χ2n) is 4.54. The van der Waals surface area contributed by atoms with E-state index in [9.17, 15) is 0 Å². The Kier molecular flexibility index (Phi) is 1.91. The SMILES string of the molecule is CC(C)(C)c1ncn2c1COCC2. The van der Waals surface area contributed by atoms with E-state index in [1.54, 1.807) is 0 Å². The van der Waals surface area contributed by atoms with Crippen molar-refractivity contribution in [1.82, 2.24) is 9.55 Å². The molecule has 0 spiro atoms. The average molecular weight is 180 g/mol. The molecule has 0 bridgehead atoms. The van der Waals surface area contributed by atoms with Gasteiger partial charge in [0, 0.05) is 12.0 Å². The molecule has 0 radical (unpaired) electrons. The second-order valence-corrected chi connectivity index (χ2v) is 4.54. The Morgan fingerprint density at radius 3 is 2.92 bits per heavy atom. The van der Waals surface area contributed by atoms with Crippen LogP contribution in [0.2, 0.25) is 0 Å². The van der Waals surface area contributed by atoms with Gasteiger partial charge in [0.1, 0.15) is 0 Å². The van der Waals surface area contributed by atoms with E-state index in [-0.39, 0.29) is 5.41 Å². The minimum absolute atomic E-state index is 0.126. The summed E-state index contributed by atoms with van der Waals surface area (Å²) in [6, 6.07) is 0. The maximum atomic E-state index is 5.43. The number of imidazole rings is 1. The van der Waals surface area contributed by atoms with Crippen LogP contribution in [0.3, 0.4) is 0 Å². The Morgan fingerprint density at radius 2 is 2.23 bits per heavy atom. The standard InChI is InChI=1S/C10H16N2O/c1-10(2,3)9-8-6-13-5-4-12(8)7-11-9/h7H,4-6H2,1-3H3. The normalized spacial score (nSPS) is 17.2. The van der Waals surface area contributed by atoms with Crippen LogP contribution in [0.4, 0.5) is 0 Å². The summed E-state index contributed by atoms with van der Waals surface area (Å²) in [5, 5.41) is 0. The molecule has 0 saturated carbocycles. The molecule has 1 aromatic heterocycles. The van der Waals surface area contributed by atoms with E-state index in [1.165, 1.54) is 11.4 Å². The molecule has 0 fully saturated rings. The van der Waals surface area contributed by atoms with E-state index in [4.69, 9.17) is 4.74 Å². The Bertz CT molecular complexity index is 309. The summed E-state index contributed by atoms with van der Waals surface area (Å²) < 4.78 is 7.63. The Labute approximate surface area is 78.7 Å². The smallest absolute Gasteiger partial charge is 0.0953 e. The Balaban J connectivity index is 2.43. The summed E-state index contributed by atoms with van der Waals surface area (Å²) in [5.41, 5.74) is 2.55. The summed E-state index contributed by atoms with van der Waals surface area (Å²) in [6.07, 6.45) is 1.93. The van der Waals surface area contributed by atoms with Crippen molar-refractivity contribution in [1.29, 1.82) is 0 Å². The largest absolute Gasteiger partial charge is 0.373 e. The average Bonchev–Trinajstić information content (AvgIpc) is 2.45. The maximum Gasteiger partial charge on any atom is 0.0953 e. The summed E-state index contributed by atoms with van der Waals surface area (Å²) >= 11 is 0. The number of ether oxygens (including phenoxy) is 1. The zero-order valence-corrected chi connectivity index (χ0v) is 8.50. The molecule has 72 valence electrons. The second kappa shape index (κ2) is 2.84. The molecule has 2 heterocycles. The summed E-state index contributed by atoms with van der Waals surface area (Å²) in [5.74, 6) is 0. The fourth-order valence-corrected chi connectivity index (χ4v) is 1.71. The third-order valence-corrected chi connectivity index (χ3v) is 2.37. The molecule has 2 rings (SSSR count). The quantitative estimate of drug-likeness (QED) is 0.607. The van der Waals surface area contributed by atoms with Gasteiger partial charge in [-0.1, -0.05) is 20.8 Å². The lowest BCUT2D eigenvalue weighted by molar-refractivity contribution is 0.0835. The van der Waals surface area contributed by atoms with Gasteiger partial charge >= 0.3 is 0 Å². The van der Waals surface area contributed by atoms with Gasteiger partial charge in [-0.05, 0) is 0 Å². The molecule has 0 atom stereocenters. The van der Waals surface area contributed by atoms with Gasteiger partial charge in [-0.25, -0.2) is 4.98 Å². The first-order chi connectivity index (χ1) is 6.09. The van der Waals surface area contributed by atoms with Crippen molar-refractivity contribution in [2.24, 2.45) is 0 Å². The summed E-state index contributed by atoms with van der Waals surface area (Å²) in [4.78, 5) is 4.45. The van der Waals surface area contributed by atoms with Gasteiger partial charge in [-0.15, -0.1) is 0 Å². The number of hydrogen-bond donors (Lipinski definition) is 0. The van der Waals surface area contributed by atoms with Gasteiger partial charge < -0.3 is 9.30 Å². The number of aromatic nitrogens is 2. The van der Waals surface area contributed by atoms with E-state index in [0.29, 0.717) is 6.61 Å². The first-order valence-electron chi connectivity index (χ1n) is 4.71. The molecular weight excluding hydrogens is 164 g/mol. The van der Waals surface area contributed by atoms with Crippen LogP contribution >= 0.6 is 0 Å². The fourth-order valence-electron chi connectivity index (χ4n) is 1.71. The van der Waals surface area contributed by atoms with Crippen LogP contribution in [0.1, 0.15) is 32.2 Å². The molecule has 0 aromatic carbocycles. The van der Waals surface area contributed by atoms with Gasteiger partial charge in [0.25, 0.3) is 0 Å². The predicted molar refractivity (Wildman–Crippen MR) is 50.6 cm³/mol. The fraction of sp³-hybridized carbons (Fsp3) is 0.700. The topological polar surface area (TPSA) is 27.1 Å². The van der Waals surface area contributed by atoms with Crippen molar-refractivity contribution in [2.75, 3.05) is 6.61 Å². The van der Waals surface area contributed by atoms with Crippen LogP contribution in [0.25, 0.3) is 0 Å². The zero-order valence-electron chi connectivity index (χ0n) is 8.50. The van der Waals surface area contributed by atoms with Crippen LogP contribution in [-0.2, 0) is 23.3 Å². The molecule has 0 unspecified atom stereocenters. The van der Waals surface area contributed by atoms with Crippen molar-refractivity contribution < 1.29 is 4.74 Å². The highest BCUT2D eigenvalue weighted by molar-refractivity contribution is 5.21. The number of fused-ring (bicyclic) bond motifs is 1. The molecular formula is C10H16N2O.